The van der Waals surface area contributed by atoms with Gasteiger partial charge in [0.05, 0.1) is 16.9 Å². The van der Waals surface area contributed by atoms with Gasteiger partial charge in [-0.25, -0.2) is 4.79 Å². The number of carbonyl (C=O) groups is 1. The molecule has 7 heteroatoms. The van der Waals surface area contributed by atoms with Crippen molar-refractivity contribution in [1.82, 2.24) is 0 Å². The SMILES string of the molecule is Nc1ccc(B(O)O)c(C(=O)O)c1N. The molecule has 7 N–H and O–H groups in total. The van der Waals surface area contributed by atoms with Crippen LogP contribution in [0.3, 0.4) is 0 Å². The molecule has 0 saturated heterocycles. The van der Waals surface area contributed by atoms with Crippen molar-refractivity contribution in [2.24, 2.45) is 0 Å². The van der Waals surface area contributed by atoms with E-state index in [9.17, 15) is 4.79 Å². The molecule has 0 fully saturated rings. The Morgan fingerprint density at radius 2 is 1.86 bits per heavy atom. The Morgan fingerprint density at radius 1 is 1.29 bits per heavy atom. The zero-order valence-corrected chi connectivity index (χ0v) is 7.14. The minimum absolute atomic E-state index is 0.0896. The van der Waals surface area contributed by atoms with E-state index in [-0.39, 0.29) is 22.4 Å². The van der Waals surface area contributed by atoms with Crippen LogP contribution in [0.1, 0.15) is 10.4 Å². The maximum atomic E-state index is 10.7. The molecule has 6 nitrogen and oxygen atoms in total. The van der Waals surface area contributed by atoms with E-state index in [2.05, 4.69) is 0 Å². The molecule has 0 aliphatic carbocycles. The van der Waals surface area contributed by atoms with Crippen molar-refractivity contribution in [2.45, 2.75) is 0 Å². The van der Waals surface area contributed by atoms with E-state index in [0.717, 1.165) is 0 Å². The highest BCUT2D eigenvalue weighted by Gasteiger charge is 2.23. The highest BCUT2D eigenvalue weighted by atomic mass is 16.4. The van der Waals surface area contributed by atoms with Crippen molar-refractivity contribution in [2.75, 3.05) is 11.5 Å². The van der Waals surface area contributed by atoms with E-state index in [1.165, 1.54) is 12.1 Å². The van der Waals surface area contributed by atoms with Crippen molar-refractivity contribution in [3.05, 3.63) is 17.7 Å². The topological polar surface area (TPSA) is 130 Å². The standard InChI is InChI=1S/C7H9BN2O4/c9-4-2-1-3(8(13)14)5(6(4)10)7(11)12/h1-2,13-14H,9-10H2,(H,11,12). The van der Waals surface area contributed by atoms with Crippen molar-refractivity contribution in [1.29, 1.82) is 0 Å². The summed E-state index contributed by atoms with van der Waals surface area (Å²) in [4.78, 5) is 10.7. The smallest absolute Gasteiger partial charge is 0.478 e. The fourth-order valence-corrected chi connectivity index (χ4v) is 1.11. The van der Waals surface area contributed by atoms with Crippen molar-refractivity contribution in [3.8, 4) is 0 Å². The molecule has 0 unspecified atom stereocenters. The summed E-state index contributed by atoms with van der Waals surface area (Å²) < 4.78 is 0. The van der Waals surface area contributed by atoms with Crippen LogP contribution in [0, 0.1) is 0 Å². The molecule has 0 aromatic heterocycles. The van der Waals surface area contributed by atoms with Crippen LogP contribution in [-0.2, 0) is 0 Å². The Bertz CT molecular complexity index is 380. The van der Waals surface area contributed by atoms with E-state index in [4.69, 9.17) is 26.6 Å². The van der Waals surface area contributed by atoms with Crippen LogP contribution in [0.15, 0.2) is 12.1 Å². The van der Waals surface area contributed by atoms with Gasteiger partial charge in [0.25, 0.3) is 0 Å². The first-order valence-electron chi connectivity index (χ1n) is 3.72. The van der Waals surface area contributed by atoms with Gasteiger partial charge in [-0.1, -0.05) is 6.07 Å². The third-order valence-corrected chi connectivity index (χ3v) is 1.80. The van der Waals surface area contributed by atoms with Crippen molar-refractivity contribution in [3.63, 3.8) is 0 Å². The zero-order valence-electron chi connectivity index (χ0n) is 7.14. The predicted octanol–water partition coefficient (Wildman–Crippen LogP) is -1.77. The van der Waals surface area contributed by atoms with Crippen molar-refractivity contribution < 1.29 is 19.9 Å². The summed E-state index contributed by atoms with van der Waals surface area (Å²) in [6, 6.07) is 2.52. The summed E-state index contributed by atoms with van der Waals surface area (Å²) in [5.74, 6) is -1.35. The fourth-order valence-electron chi connectivity index (χ4n) is 1.11. The third kappa shape index (κ3) is 1.63. The first-order chi connectivity index (χ1) is 6.45. The number of aromatic carboxylic acids is 1. The van der Waals surface area contributed by atoms with E-state index in [1.807, 2.05) is 0 Å². The number of benzene rings is 1. The molecule has 0 aliphatic rings. The summed E-state index contributed by atoms with van der Waals surface area (Å²) in [6.07, 6.45) is 0. The average molecular weight is 196 g/mol. The van der Waals surface area contributed by atoms with Gasteiger partial charge < -0.3 is 26.6 Å². The lowest BCUT2D eigenvalue weighted by Gasteiger charge is -2.09. The summed E-state index contributed by atoms with van der Waals surface area (Å²) in [7, 11) is -1.89. The fraction of sp³-hybridized carbons (Fsp3) is 0. The monoisotopic (exact) mass is 196 g/mol. The second-order valence-corrected chi connectivity index (χ2v) is 2.71. The lowest BCUT2D eigenvalue weighted by Crippen LogP contribution is -2.35. The van der Waals surface area contributed by atoms with Crippen LogP contribution in [0.2, 0.25) is 0 Å². The van der Waals surface area contributed by atoms with Crippen LogP contribution in [0.25, 0.3) is 0 Å². The molecule has 0 amide bonds. The van der Waals surface area contributed by atoms with Gasteiger partial charge in [-0.05, 0) is 11.5 Å². The van der Waals surface area contributed by atoms with Gasteiger partial charge in [-0.3, -0.25) is 0 Å². The van der Waals surface area contributed by atoms with Gasteiger partial charge in [0.2, 0.25) is 0 Å². The normalized spacial score (nSPS) is 9.86. The van der Waals surface area contributed by atoms with E-state index in [0.29, 0.717) is 0 Å². The Labute approximate surface area is 79.9 Å². The molecular weight excluding hydrogens is 187 g/mol. The highest BCUT2D eigenvalue weighted by Crippen LogP contribution is 2.17. The maximum Gasteiger partial charge on any atom is 0.489 e. The summed E-state index contributed by atoms with van der Waals surface area (Å²) in [5, 5.41) is 26.5. The average Bonchev–Trinajstić information content (AvgIpc) is 2.08. The molecule has 1 rings (SSSR count). The number of nitrogens with two attached hydrogens (primary N) is 2. The quantitative estimate of drug-likeness (QED) is 0.281. The molecule has 0 atom stereocenters. The molecule has 0 radical (unpaired) electrons. The summed E-state index contributed by atoms with van der Waals surface area (Å²) >= 11 is 0. The largest absolute Gasteiger partial charge is 0.489 e. The first kappa shape index (κ1) is 10.4. The number of hydrogen-bond donors (Lipinski definition) is 5. The minimum Gasteiger partial charge on any atom is -0.478 e. The van der Waals surface area contributed by atoms with Crippen LogP contribution in [0.5, 0.6) is 0 Å². The zero-order chi connectivity index (χ0) is 10.9. The number of carboxylic acid groups (broad SMARTS) is 1. The van der Waals surface area contributed by atoms with Gasteiger partial charge in [0, 0.05) is 0 Å². The number of carboxylic acids is 1. The Hall–Kier alpha value is -1.73. The van der Waals surface area contributed by atoms with Crippen molar-refractivity contribution >= 4 is 29.9 Å². The second-order valence-electron chi connectivity index (χ2n) is 2.71. The van der Waals surface area contributed by atoms with Gasteiger partial charge in [0.15, 0.2) is 0 Å². The summed E-state index contributed by atoms with van der Waals surface area (Å²) in [5.41, 5.74) is 10.1. The number of anilines is 2. The van der Waals surface area contributed by atoms with Crippen LogP contribution >= 0.6 is 0 Å². The van der Waals surface area contributed by atoms with Gasteiger partial charge in [-0.15, -0.1) is 0 Å². The molecule has 74 valence electrons. The molecule has 0 aliphatic heterocycles. The third-order valence-electron chi connectivity index (χ3n) is 1.80. The summed E-state index contributed by atoms with van der Waals surface area (Å²) in [6.45, 7) is 0. The first-order valence-corrected chi connectivity index (χ1v) is 3.72. The predicted molar refractivity (Wildman–Crippen MR) is 52.1 cm³/mol. The number of rotatable bonds is 2. The molecule has 0 saturated carbocycles. The number of nitrogen functional groups attached to an aromatic ring is 2. The number of hydrogen-bond acceptors (Lipinski definition) is 5. The van der Waals surface area contributed by atoms with Crippen LogP contribution in [-0.4, -0.2) is 28.2 Å². The Kier molecular flexibility index (Phi) is 2.64. The van der Waals surface area contributed by atoms with Crippen LogP contribution < -0.4 is 16.9 Å². The van der Waals surface area contributed by atoms with Gasteiger partial charge in [0.1, 0.15) is 0 Å². The molecule has 0 spiro atoms. The lowest BCUT2D eigenvalue weighted by atomic mass is 9.76. The van der Waals surface area contributed by atoms with E-state index in [1.54, 1.807) is 0 Å². The molecule has 14 heavy (non-hydrogen) atoms. The Balaban J connectivity index is 3.45. The molecule has 1 aromatic rings. The van der Waals surface area contributed by atoms with E-state index < -0.39 is 13.1 Å². The van der Waals surface area contributed by atoms with Crippen LogP contribution in [0.4, 0.5) is 11.4 Å². The minimum atomic E-state index is -1.89. The molecular formula is C7H9BN2O4. The molecule has 1 aromatic carbocycles. The maximum absolute atomic E-state index is 10.7. The second kappa shape index (κ2) is 3.56. The molecule has 0 bridgehead atoms. The highest BCUT2D eigenvalue weighted by molar-refractivity contribution is 6.60. The van der Waals surface area contributed by atoms with E-state index >= 15 is 0 Å². The lowest BCUT2D eigenvalue weighted by molar-refractivity contribution is 0.0699. The molecule has 0 heterocycles. The van der Waals surface area contributed by atoms with Gasteiger partial charge >= 0.3 is 13.1 Å². The van der Waals surface area contributed by atoms with Gasteiger partial charge in [-0.2, -0.15) is 0 Å². The Morgan fingerprint density at radius 3 is 2.29 bits per heavy atom.